The number of ether oxygens (including phenoxy) is 2. The van der Waals surface area contributed by atoms with Crippen LogP contribution in [-0.4, -0.2) is 118 Å². The maximum atomic E-state index is 12.7. The molecular formula is C57H88ClN5O7. The second-order valence-electron chi connectivity index (χ2n) is 21.0. The van der Waals surface area contributed by atoms with Gasteiger partial charge in [-0.25, -0.2) is 9.59 Å². The molecule has 0 radical (unpaired) electrons. The zero-order valence-corrected chi connectivity index (χ0v) is 45.3. The van der Waals surface area contributed by atoms with Gasteiger partial charge in [-0.15, -0.1) is 0 Å². The first-order chi connectivity index (χ1) is 33.1. The lowest BCUT2D eigenvalue weighted by Gasteiger charge is -2.40. The first-order valence-electron chi connectivity index (χ1n) is 25.9. The average Bonchev–Trinajstić information content (AvgIpc) is 3.34. The number of hydrogen-bond acceptors (Lipinski definition) is 9. The van der Waals surface area contributed by atoms with Gasteiger partial charge in [0, 0.05) is 81.5 Å². The Bertz CT molecular complexity index is 1960. The van der Waals surface area contributed by atoms with Gasteiger partial charge in [0.05, 0.1) is 6.10 Å². The minimum absolute atomic E-state index is 0.182. The first-order valence-corrected chi connectivity index (χ1v) is 26.3. The van der Waals surface area contributed by atoms with E-state index in [0.717, 1.165) is 76.2 Å². The smallest absolute Gasteiger partial charge is 0.410 e. The molecule has 6 atom stereocenters. The van der Waals surface area contributed by atoms with Crippen molar-refractivity contribution in [1.29, 1.82) is 0 Å². The average molecular weight is 991 g/mol. The zero-order chi connectivity index (χ0) is 51.9. The summed E-state index contributed by atoms with van der Waals surface area (Å²) >= 11 is 4.82. The van der Waals surface area contributed by atoms with Gasteiger partial charge in [-0.2, -0.15) is 0 Å². The number of para-hydroxylation sites is 2. The standard InChI is InChI=1S/C24H32N2O.C18H28N2O2.C12H23NO3.C3H5ClO/c1-3-24(27)26(23-14-8-5-9-15-23)20(2)22-13-10-17-25(19-22)18-16-21-11-6-4-7-12-21;1-14(19-16-10-6-5-7-11-16)15-9-8-12-20(13-15)17(21)22-18(2,3)4;1-9(14)10-6-5-7-13(8-10)11(15)16-12(2,3)4;1-2-3(4)5/h4-9,11-12,14-15,20,22H,3,10,13,16-19H2,1-2H3;5-7,10-11,14-15,19H,8-9,12-13H2,1-4H3;9-10,14H,5-8H2,1-4H3;2H2,1H3. The number of aliphatic hydroxyl groups excluding tert-OH is 1. The molecule has 3 aliphatic heterocycles. The van der Waals surface area contributed by atoms with Gasteiger partial charge in [-0.3, -0.25) is 9.59 Å². The maximum Gasteiger partial charge on any atom is 0.410 e. The molecule has 0 spiro atoms. The molecule has 12 nitrogen and oxygen atoms in total. The number of piperidine rings is 3. The fraction of sp³-hybridized carbons (Fsp3) is 0.614. The van der Waals surface area contributed by atoms with E-state index in [2.05, 4.69) is 78.7 Å². The third kappa shape index (κ3) is 22.6. The molecule has 6 unspecified atom stereocenters. The van der Waals surface area contributed by atoms with Crippen LogP contribution in [-0.2, 0) is 25.5 Å². The lowest BCUT2D eigenvalue weighted by atomic mass is 9.89. The van der Waals surface area contributed by atoms with Crippen molar-refractivity contribution >= 4 is 46.3 Å². The molecule has 3 aromatic carbocycles. The van der Waals surface area contributed by atoms with Gasteiger partial charge in [-0.1, -0.05) is 80.6 Å². The van der Waals surface area contributed by atoms with Crippen LogP contribution in [0.4, 0.5) is 21.0 Å². The second-order valence-corrected chi connectivity index (χ2v) is 21.5. The first kappa shape index (κ1) is 59.7. The number of carbonyl (C=O) groups is 4. The number of nitrogens with one attached hydrogen (secondary N) is 1. The summed E-state index contributed by atoms with van der Waals surface area (Å²) in [5.41, 5.74) is 2.68. The number of anilines is 2. The molecule has 390 valence electrons. The van der Waals surface area contributed by atoms with E-state index in [-0.39, 0.29) is 41.4 Å². The van der Waals surface area contributed by atoms with E-state index in [1.807, 2.05) is 94.7 Å². The van der Waals surface area contributed by atoms with E-state index in [1.54, 1.807) is 18.7 Å². The molecular weight excluding hydrogens is 902 g/mol. The summed E-state index contributed by atoms with van der Waals surface area (Å²) < 4.78 is 10.8. The Balaban J connectivity index is 0.000000272. The molecule has 0 aliphatic carbocycles. The van der Waals surface area contributed by atoms with Crippen LogP contribution in [0.3, 0.4) is 0 Å². The Morgan fingerprint density at radius 3 is 1.61 bits per heavy atom. The number of rotatable bonds is 12. The summed E-state index contributed by atoms with van der Waals surface area (Å²) in [6.45, 7) is 27.4. The Kier molecular flexibility index (Phi) is 25.8. The Morgan fingerprint density at radius 2 is 1.13 bits per heavy atom. The lowest BCUT2D eigenvalue weighted by molar-refractivity contribution is -0.119. The van der Waals surface area contributed by atoms with Crippen molar-refractivity contribution in [3.8, 4) is 0 Å². The molecule has 0 bridgehead atoms. The molecule has 0 aromatic heterocycles. The summed E-state index contributed by atoms with van der Waals surface area (Å²) in [7, 11) is 0. The summed E-state index contributed by atoms with van der Waals surface area (Å²) in [4.78, 5) is 54.5. The number of likely N-dealkylation sites (tertiary alicyclic amines) is 3. The molecule has 0 saturated carbocycles. The van der Waals surface area contributed by atoms with Crippen LogP contribution in [0.1, 0.15) is 133 Å². The molecule has 6 rings (SSSR count). The van der Waals surface area contributed by atoms with E-state index in [0.29, 0.717) is 37.3 Å². The van der Waals surface area contributed by atoms with Gasteiger partial charge in [0.1, 0.15) is 11.2 Å². The number of aliphatic hydroxyl groups is 1. The van der Waals surface area contributed by atoms with E-state index in [9.17, 15) is 24.3 Å². The predicted molar refractivity (Wildman–Crippen MR) is 286 cm³/mol. The normalized spacial score (nSPS) is 19.7. The number of amides is 3. The lowest BCUT2D eigenvalue weighted by Crippen LogP contribution is -2.49. The summed E-state index contributed by atoms with van der Waals surface area (Å²) in [5.74, 6) is 1.36. The molecule has 3 fully saturated rings. The largest absolute Gasteiger partial charge is 0.444 e. The molecule has 3 heterocycles. The highest BCUT2D eigenvalue weighted by Gasteiger charge is 2.33. The monoisotopic (exact) mass is 990 g/mol. The third-order valence-corrected chi connectivity index (χ3v) is 13.1. The highest BCUT2D eigenvalue weighted by molar-refractivity contribution is 6.63. The second kappa shape index (κ2) is 30.3. The van der Waals surface area contributed by atoms with E-state index >= 15 is 0 Å². The molecule has 3 aromatic rings. The van der Waals surface area contributed by atoms with Gasteiger partial charge in [0.25, 0.3) is 0 Å². The Labute approximate surface area is 426 Å². The number of carbonyl (C=O) groups excluding carboxylic acids is 4. The van der Waals surface area contributed by atoms with Crippen LogP contribution in [0.25, 0.3) is 0 Å². The zero-order valence-electron chi connectivity index (χ0n) is 44.5. The number of hydrogen-bond donors (Lipinski definition) is 2. The number of benzene rings is 3. The number of halogens is 1. The van der Waals surface area contributed by atoms with E-state index < -0.39 is 11.2 Å². The molecule has 3 saturated heterocycles. The van der Waals surface area contributed by atoms with Crippen LogP contribution in [0.2, 0.25) is 0 Å². The Hall–Kier alpha value is -4.65. The summed E-state index contributed by atoms with van der Waals surface area (Å²) in [6, 6.07) is 31.7. The van der Waals surface area contributed by atoms with Crippen molar-refractivity contribution in [2.75, 3.05) is 56.0 Å². The van der Waals surface area contributed by atoms with Crippen molar-refractivity contribution < 1.29 is 33.8 Å². The molecule has 13 heteroatoms. The summed E-state index contributed by atoms with van der Waals surface area (Å²) in [6.07, 6.45) is 7.77. The predicted octanol–water partition coefficient (Wildman–Crippen LogP) is 12.1. The molecule has 3 amide bonds. The Morgan fingerprint density at radius 1 is 0.671 bits per heavy atom. The SMILES string of the molecule is CC(Nc1ccccc1)C1CCCN(C(=O)OC(C)(C)C)C1.CC(O)C1CCCN(C(=O)OC(C)(C)C)C1.CCC(=O)Cl.CCC(=O)N(c1ccccc1)C(C)C1CCCN(CCc2ccccc2)C1. The highest BCUT2D eigenvalue weighted by Crippen LogP contribution is 2.29. The van der Waals surface area contributed by atoms with Crippen molar-refractivity contribution in [2.45, 2.75) is 163 Å². The topological polar surface area (TPSA) is 132 Å². The van der Waals surface area contributed by atoms with Gasteiger partial charge in [-0.05, 0) is 167 Å². The molecule has 3 aliphatic rings. The minimum atomic E-state index is -0.450. The molecule has 70 heavy (non-hydrogen) atoms. The minimum Gasteiger partial charge on any atom is -0.444 e. The van der Waals surface area contributed by atoms with Crippen LogP contribution >= 0.6 is 11.6 Å². The fourth-order valence-corrected chi connectivity index (χ4v) is 8.92. The fourth-order valence-electron chi connectivity index (χ4n) is 8.92. The van der Waals surface area contributed by atoms with Crippen molar-refractivity contribution in [1.82, 2.24) is 14.7 Å². The van der Waals surface area contributed by atoms with Gasteiger partial charge in [0.15, 0.2) is 0 Å². The summed E-state index contributed by atoms with van der Waals surface area (Å²) in [5, 5.41) is 12.8. The maximum absolute atomic E-state index is 12.7. The van der Waals surface area contributed by atoms with Crippen LogP contribution < -0.4 is 10.2 Å². The van der Waals surface area contributed by atoms with Crippen molar-refractivity contribution in [3.63, 3.8) is 0 Å². The number of nitrogens with zero attached hydrogens (tertiary/aromatic N) is 4. The van der Waals surface area contributed by atoms with Crippen molar-refractivity contribution in [2.24, 2.45) is 17.8 Å². The van der Waals surface area contributed by atoms with Crippen LogP contribution in [0.15, 0.2) is 91.0 Å². The van der Waals surface area contributed by atoms with Crippen LogP contribution in [0, 0.1) is 17.8 Å². The van der Waals surface area contributed by atoms with E-state index in [1.165, 1.54) is 24.9 Å². The quantitative estimate of drug-likeness (QED) is 0.170. The molecule has 2 N–H and O–H groups in total. The van der Waals surface area contributed by atoms with E-state index in [4.69, 9.17) is 21.1 Å². The van der Waals surface area contributed by atoms with Gasteiger partial charge >= 0.3 is 12.2 Å². The third-order valence-electron chi connectivity index (χ3n) is 12.9. The highest BCUT2D eigenvalue weighted by atomic mass is 35.5. The van der Waals surface area contributed by atoms with Gasteiger partial charge < -0.3 is 39.5 Å². The van der Waals surface area contributed by atoms with Crippen LogP contribution in [0.5, 0.6) is 0 Å². The van der Waals surface area contributed by atoms with Gasteiger partial charge in [0.2, 0.25) is 11.1 Å². The van der Waals surface area contributed by atoms with Crippen molar-refractivity contribution in [3.05, 3.63) is 96.6 Å².